The second-order valence-corrected chi connectivity index (χ2v) is 7.99. The number of nitrogens with zero attached hydrogens (tertiary/aromatic N) is 2. The van der Waals surface area contributed by atoms with Gasteiger partial charge in [-0.2, -0.15) is 0 Å². The standard InChI is InChI=1S/C19H23N3O3S/c1-14-12-18(15(2)11-17(14)25-3)26(23,24)21-9-6-8-19-20-13-16-7-4-5-10-22(16)19/h4-5,7,10-13,21H,6,8-9H2,1-3H3. The number of hydrogen-bond acceptors (Lipinski definition) is 4. The number of methoxy groups -OCH3 is 1. The highest BCUT2D eigenvalue weighted by molar-refractivity contribution is 7.89. The van der Waals surface area contributed by atoms with Crippen LogP contribution in [0, 0.1) is 13.8 Å². The van der Waals surface area contributed by atoms with E-state index in [4.69, 9.17) is 4.74 Å². The largest absolute Gasteiger partial charge is 0.496 e. The van der Waals surface area contributed by atoms with E-state index < -0.39 is 10.0 Å². The topological polar surface area (TPSA) is 72.7 Å². The maximum atomic E-state index is 12.6. The fourth-order valence-corrected chi connectivity index (χ4v) is 4.37. The summed E-state index contributed by atoms with van der Waals surface area (Å²) in [4.78, 5) is 4.70. The average Bonchev–Trinajstić information content (AvgIpc) is 3.03. The molecule has 2 heterocycles. The Hall–Kier alpha value is -2.38. The average molecular weight is 373 g/mol. The van der Waals surface area contributed by atoms with Crippen molar-refractivity contribution in [3.63, 3.8) is 0 Å². The molecule has 0 atom stereocenters. The summed E-state index contributed by atoms with van der Waals surface area (Å²) in [5.41, 5.74) is 2.49. The van der Waals surface area contributed by atoms with Gasteiger partial charge in [-0.25, -0.2) is 18.1 Å². The summed E-state index contributed by atoms with van der Waals surface area (Å²) in [7, 11) is -1.98. The van der Waals surface area contributed by atoms with E-state index in [1.165, 1.54) is 0 Å². The van der Waals surface area contributed by atoms with Gasteiger partial charge in [0.2, 0.25) is 10.0 Å². The van der Waals surface area contributed by atoms with E-state index in [2.05, 4.69) is 9.71 Å². The van der Waals surface area contributed by atoms with Crippen LogP contribution in [-0.2, 0) is 16.4 Å². The Morgan fingerprint density at radius 1 is 1.19 bits per heavy atom. The fraction of sp³-hybridized carbons (Fsp3) is 0.316. The first kappa shape index (κ1) is 18.4. The Kier molecular flexibility index (Phi) is 5.29. The van der Waals surface area contributed by atoms with E-state index in [-0.39, 0.29) is 0 Å². The maximum absolute atomic E-state index is 12.6. The van der Waals surface area contributed by atoms with Crippen LogP contribution in [0.25, 0.3) is 5.52 Å². The summed E-state index contributed by atoms with van der Waals surface area (Å²) >= 11 is 0. The second kappa shape index (κ2) is 7.47. The molecular weight excluding hydrogens is 350 g/mol. The van der Waals surface area contributed by atoms with Gasteiger partial charge in [0.15, 0.2) is 0 Å². The van der Waals surface area contributed by atoms with Gasteiger partial charge in [-0.3, -0.25) is 0 Å². The summed E-state index contributed by atoms with van der Waals surface area (Å²) in [6.45, 7) is 3.96. The van der Waals surface area contributed by atoms with Crippen LogP contribution in [0.3, 0.4) is 0 Å². The zero-order chi connectivity index (χ0) is 18.7. The van der Waals surface area contributed by atoms with E-state index in [9.17, 15) is 8.42 Å². The number of imidazole rings is 1. The molecule has 0 bridgehead atoms. The van der Waals surface area contributed by atoms with Crippen molar-refractivity contribution in [1.82, 2.24) is 14.1 Å². The summed E-state index contributed by atoms with van der Waals surface area (Å²) in [6.07, 6.45) is 5.15. The van der Waals surface area contributed by atoms with Gasteiger partial charge in [0.25, 0.3) is 0 Å². The van der Waals surface area contributed by atoms with Crippen molar-refractivity contribution >= 4 is 15.5 Å². The number of nitrogens with one attached hydrogen (secondary N) is 1. The predicted molar refractivity (Wildman–Crippen MR) is 101 cm³/mol. The van der Waals surface area contributed by atoms with Crippen molar-refractivity contribution in [3.8, 4) is 5.75 Å². The molecule has 0 saturated carbocycles. The Morgan fingerprint density at radius 2 is 2.00 bits per heavy atom. The number of pyridine rings is 1. The van der Waals surface area contributed by atoms with E-state index in [0.29, 0.717) is 35.6 Å². The first-order valence-electron chi connectivity index (χ1n) is 8.48. The van der Waals surface area contributed by atoms with Crippen LogP contribution in [0.5, 0.6) is 5.75 Å². The van der Waals surface area contributed by atoms with Gasteiger partial charge in [0.05, 0.1) is 23.7 Å². The molecule has 0 radical (unpaired) electrons. The maximum Gasteiger partial charge on any atom is 0.240 e. The van der Waals surface area contributed by atoms with Gasteiger partial charge in [0.1, 0.15) is 11.6 Å². The number of rotatable bonds is 7. The monoisotopic (exact) mass is 373 g/mol. The highest BCUT2D eigenvalue weighted by Crippen LogP contribution is 2.25. The minimum Gasteiger partial charge on any atom is -0.496 e. The van der Waals surface area contributed by atoms with Crippen LogP contribution in [0.2, 0.25) is 0 Å². The van der Waals surface area contributed by atoms with Gasteiger partial charge < -0.3 is 9.14 Å². The molecule has 1 N–H and O–H groups in total. The first-order chi connectivity index (χ1) is 12.4. The Balaban J connectivity index is 1.65. The molecule has 0 fully saturated rings. The Bertz CT molecular complexity index is 1030. The lowest BCUT2D eigenvalue weighted by atomic mass is 10.1. The van der Waals surface area contributed by atoms with Gasteiger partial charge in [-0.15, -0.1) is 0 Å². The van der Waals surface area contributed by atoms with Crippen molar-refractivity contribution in [2.75, 3.05) is 13.7 Å². The highest BCUT2D eigenvalue weighted by atomic mass is 32.2. The molecule has 0 spiro atoms. The number of ether oxygens (including phenoxy) is 1. The van der Waals surface area contributed by atoms with Crippen LogP contribution < -0.4 is 9.46 Å². The number of aromatic nitrogens is 2. The van der Waals surface area contributed by atoms with E-state index >= 15 is 0 Å². The number of hydrogen-bond donors (Lipinski definition) is 1. The molecule has 3 aromatic rings. The lowest BCUT2D eigenvalue weighted by Gasteiger charge is -2.12. The van der Waals surface area contributed by atoms with E-state index in [1.54, 1.807) is 26.2 Å². The number of benzene rings is 1. The number of fused-ring (bicyclic) bond motifs is 1. The van der Waals surface area contributed by atoms with Crippen LogP contribution in [0.4, 0.5) is 0 Å². The molecule has 3 rings (SSSR count). The molecule has 138 valence electrons. The van der Waals surface area contributed by atoms with E-state index in [0.717, 1.165) is 16.9 Å². The molecule has 0 amide bonds. The SMILES string of the molecule is COc1cc(C)c(S(=O)(=O)NCCCc2ncc3ccccn23)cc1C. The third-order valence-corrected chi connectivity index (χ3v) is 5.97. The van der Waals surface area contributed by atoms with Crippen molar-refractivity contribution < 1.29 is 13.2 Å². The predicted octanol–water partition coefficient (Wildman–Crippen LogP) is 2.87. The molecule has 0 aliphatic rings. The van der Waals surface area contributed by atoms with Crippen molar-refractivity contribution in [3.05, 3.63) is 59.7 Å². The molecule has 1 aromatic carbocycles. The molecule has 0 saturated heterocycles. The molecule has 0 aliphatic carbocycles. The van der Waals surface area contributed by atoms with Crippen molar-refractivity contribution in [2.24, 2.45) is 0 Å². The summed E-state index contributed by atoms with van der Waals surface area (Å²) < 4.78 is 35.2. The molecule has 2 aromatic heterocycles. The summed E-state index contributed by atoms with van der Waals surface area (Å²) in [5.74, 6) is 1.61. The van der Waals surface area contributed by atoms with Gasteiger partial charge in [-0.05, 0) is 55.7 Å². The summed E-state index contributed by atoms with van der Waals surface area (Å²) in [5, 5.41) is 0. The third-order valence-electron chi connectivity index (χ3n) is 4.37. The first-order valence-corrected chi connectivity index (χ1v) is 9.96. The quantitative estimate of drug-likeness (QED) is 0.647. The number of aryl methyl sites for hydroxylation is 3. The van der Waals surface area contributed by atoms with E-state index in [1.807, 2.05) is 41.9 Å². The van der Waals surface area contributed by atoms with Crippen molar-refractivity contribution in [1.29, 1.82) is 0 Å². The van der Waals surface area contributed by atoms with Gasteiger partial charge in [0, 0.05) is 19.2 Å². The van der Waals surface area contributed by atoms with Crippen LogP contribution in [0.1, 0.15) is 23.4 Å². The molecule has 6 nitrogen and oxygen atoms in total. The highest BCUT2D eigenvalue weighted by Gasteiger charge is 2.18. The van der Waals surface area contributed by atoms with Crippen LogP contribution in [0.15, 0.2) is 47.6 Å². The molecule has 0 aliphatic heterocycles. The zero-order valence-corrected chi connectivity index (χ0v) is 16.0. The minimum atomic E-state index is -3.55. The lowest BCUT2D eigenvalue weighted by Crippen LogP contribution is -2.26. The smallest absolute Gasteiger partial charge is 0.240 e. The molecular formula is C19H23N3O3S. The third kappa shape index (κ3) is 3.73. The normalized spacial score (nSPS) is 11.8. The minimum absolute atomic E-state index is 0.294. The molecule has 26 heavy (non-hydrogen) atoms. The molecule has 7 heteroatoms. The Labute approximate surface area is 153 Å². The Morgan fingerprint density at radius 3 is 2.77 bits per heavy atom. The van der Waals surface area contributed by atoms with Crippen LogP contribution in [-0.4, -0.2) is 31.5 Å². The number of sulfonamides is 1. The second-order valence-electron chi connectivity index (χ2n) is 6.26. The van der Waals surface area contributed by atoms with Gasteiger partial charge >= 0.3 is 0 Å². The zero-order valence-electron chi connectivity index (χ0n) is 15.2. The van der Waals surface area contributed by atoms with Crippen LogP contribution >= 0.6 is 0 Å². The van der Waals surface area contributed by atoms with Gasteiger partial charge in [-0.1, -0.05) is 6.07 Å². The van der Waals surface area contributed by atoms with Crippen molar-refractivity contribution in [2.45, 2.75) is 31.6 Å². The lowest BCUT2D eigenvalue weighted by molar-refractivity contribution is 0.411. The fourth-order valence-electron chi connectivity index (χ4n) is 2.99. The molecule has 0 unspecified atom stereocenters. The summed E-state index contributed by atoms with van der Waals surface area (Å²) in [6, 6.07) is 9.32.